The van der Waals surface area contributed by atoms with Gasteiger partial charge in [0.25, 0.3) is 5.17 Å². The van der Waals surface area contributed by atoms with Gasteiger partial charge in [0.05, 0.1) is 12.1 Å². The van der Waals surface area contributed by atoms with Gasteiger partial charge in [-0.25, -0.2) is 4.79 Å². The van der Waals surface area contributed by atoms with Gasteiger partial charge >= 0.3 is 12.1 Å². The van der Waals surface area contributed by atoms with Crippen LogP contribution in [-0.4, -0.2) is 102 Å². The Kier molecular flexibility index (Phi) is 14.5. The molecule has 0 spiro atoms. The van der Waals surface area contributed by atoms with E-state index in [0.717, 1.165) is 12.0 Å². The van der Waals surface area contributed by atoms with Gasteiger partial charge in [-0.3, -0.25) is 14.4 Å². The number of nitrogens with zero attached hydrogens (tertiary/aromatic N) is 1. The monoisotopic (exact) mass is 767 g/mol. The van der Waals surface area contributed by atoms with Crippen molar-refractivity contribution in [3.8, 4) is 12.3 Å². The van der Waals surface area contributed by atoms with Crippen molar-refractivity contribution in [1.82, 2.24) is 15.5 Å². The van der Waals surface area contributed by atoms with Crippen LogP contribution in [-0.2, 0) is 38.1 Å². The molecule has 0 radical (unpaired) electrons. The van der Waals surface area contributed by atoms with E-state index in [1.807, 2.05) is 64.4 Å². The third-order valence-electron chi connectivity index (χ3n) is 11.1. The first kappa shape index (κ1) is 42.9. The topological polar surface area (TPSA) is 142 Å². The highest BCUT2D eigenvalue weighted by atomic mass is 32.1. The number of amides is 1. The number of ketones is 2. The molecule has 0 unspecified atom stereocenters. The Morgan fingerprint density at radius 2 is 1.78 bits per heavy atom. The van der Waals surface area contributed by atoms with E-state index in [4.69, 9.17) is 42.3 Å². The van der Waals surface area contributed by atoms with E-state index in [-0.39, 0.29) is 36.1 Å². The zero-order valence-electron chi connectivity index (χ0n) is 33.0. The second-order valence-corrected chi connectivity index (χ2v) is 15.7. The summed E-state index contributed by atoms with van der Waals surface area (Å²) in [6.07, 6.45) is 7.15. The van der Waals surface area contributed by atoms with Gasteiger partial charge in [-0.05, 0) is 65.5 Å². The molecule has 3 fully saturated rings. The number of cyclic esters (lactones) is 1. The molecule has 0 aromatic heterocycles. The summed E-state index contributed by atoms with van der Waals surface area (Å²) in [6.45, 7) is 12.1. The number of carbonyl (C=O) groups is 4. The zero-order chi connectivity index (χ0) is 40.0. The maximum atomic E-state index is 14.4. The number of nitrogens with one attached hydrogen (secondary N) is 2. The second-order valence-electron chi connectivity index (χ2n) is 15.4. The summed E-state index contributed by atoms with van der Waals surface area (Å²) in [7, 11) is 3.93. The fourth-order valence-electron chi connectivity index (χ4n) is 7.99. The molecule has 0 bridgehead atoms. The van der Waals surface area contributed by atoms with Gasteiger partial charge in [0.15, 0.2) is 17.7 Å². The summed E-state index contributed by atoms with van der Waals surface area (Å²) in [6, 6.07) is 8.95. The lowest BCUT2D eigenvalue weighted by Gasteiger charge is -2.44. The number of hydrogen-bond donors (Lipinski definition) is 2. The summed E-state index contributed by atoms with van der Waals surface area (Å²) in [5.74, 6) is -2.84. The van der Waals surface area contributed by atoms with Gasteiger partial charge in [-0.15, -0.1) is 6.42 Å². The van der Waals surface area contributed by atoms with Crippen LogP contribution in [0.3, 0.4) is 0 Å². The minimum absolute atomic E-state index is 0.0665. The minimum atomic E-state index is -1.98. The maximum absolute atomic E-state index is 14.4. The predicted octanol–water partition coefficient (Wildman–Crippen LogP) is 5.08. The molecule has 3 saturated heterocycles. The maximum Gasteiger partial charge on any atom is 0.409 e. The number of Topliss-reactive ketones (excluding diaryl/α,β-unsaturated/α-hetero) is 2. The first-order valence-electron chi connectivity index (χ1n) is 18.9. The van der Waals surface area contributed by atoms with Crippen LogP contribution in [0.4, 0.5) is 4.79 Å². The van der Waals surface area contributed by atoms with Crippen LogP contribution >= 0.6 is 12.2 Å². The summed E-state index contributed by atoms with van der Waals surface area (Å²) in [4.78, 5) is 58.4. The number of thiocarbonyl (C=S) groups is 1. The standard InChI is InChI=1S/C41H57N3O9S/c1-11-31-40(8)35(43-39(54)53-40)26(5)33(45)24(3)23-41(12-2,52-38(48)42-20-16-19-29-17-14-13-15-18-29)36(27(6)34(46)28(7)37(47)50-31)51-32-22-30(44(9)10)21-25(4)49-32/h2,13-19,24-28,30-32,35-36H,11,20-23H2,1,3-10H3,(H,42,48)(H,43,54)/b19-16+/t24-,25-,26+,27+,28-,30+,31-,32+,35-,36-,40-,41-/m1/s1. The molecule has 13 heteroatoms. The molecule has 3 heterocycles. The van der Waals surface area contributed by atoms with Crippen LogP contribution in [0.5, 0.6) is 0 Å². The molecule has 12 atom stereocenters. The number of fused-ring (bicyclic) bond motifs is 1. The quantitative estimate of drug-likeness (QED) is 0.158. The highest BCUT2D eigenvalue weighted by Gasteiger charge is 2.57. The third-order valence-corrected chi connectivity index (χ3v) is 11.3. The first-order chi connectivity index (χ1) is 25.5. The molecule has 2 N–H and O–H groups in total. The zero-order valence-corrected chi connectivity index (χ0v) is 33.8. The van der Waals surface area contributed by atoms with E-state index >= 15 is 0 Å². The lowest BCUT2D eigenvalue weighted by molar-refractivity contribution is -0.252. The number of alkyl carbamates (subject to hydrolysis) is 1. The molecule has 1 amide bonds. The molecular formula is C41H57N3O9S. The summed E-state index contributed by atoms with van der Waals surface area (Å²) < 4.78 is 31.2. The number of carbonyl (C=O) groups excluding carboxylic acids is 4. The van der Waals surface area contributed by atoms with Crippen molar-refractivity contribution in [2.75, 3.05) is 20.6 Å². The lowest BCUT2D eigenvalue weighted by atomic mass is 9.73. The normalized spacial score (nSPS) is 36.7. The first-order valence-corrected chi connectivity index (χ1v) is 19.3. The Balaban J connectivity index is 1.79. The number of rotatable bonds is 8. The molecule has 1 aromatic carbocycles. The second kappa shape index (κ2) is 18.2. The van der Waals surface area contributed by atoms with Crippen LogP contribution in [0.1, 0.15) is 79.7 Å². The van der Waals surface area contributed by atoms with E-state index in [1.54, 1.807) is 33.8 Å². The summed E-state index contributed by atoms with van der Waals surface area (Å²) in [5, 5.41) is 5.90. The highest BCUT2D eigenvalue weighted by molar-refractivity contribution is 7.80. The van der Waals surface area contributed by atoms with Crippen molar-refractivity contribution in [1.29, 1.82) is 0 Å². The van der Waals surface area contributed by atoms with E-state index in [1.165, 1.54) is 6.92 Å². The molecule has 1 aromatic rings. The molecule has 0 saturated carbocycles. The van der Waals surface area contributed by atoms with E-state index in [2.05, 4.69) is 21.5 Å². The van der Waals surface area contributed by atoms with Gasteiger partial charge in [-0.1, -0.05) is 76.1 Å². The van der Waals surface area contributed by atoms with Crippen molar-refractivity contribution < 1.29 is 42.9 Å². The largest absolute Gasteiger partial charge is 0.459 e. The van der Waals surface area contributed by atoms with Gasteiger partial charge in [0.2, 0.25) is 5.60 Å². The van der Waals surface area contributed by atoms with Crippen molar-refractivity contribution in [3.05, 3.63) is 42.0 Å². The van der Waals surface area contributed by atoms with Crippen LogP contribution in [0, 0.1) is 36.0 Å². The van der Waals surface area contributed by atoms with Gasteiger partial charge in [0.1, 0.15) is 23.9 Å². The van der Waals surface area contributed by atoms with Gasteiger partial charge in [0, 0.05) is 43.2 Å². The smallest absolute Gasteiger partial charge is 0.409 e. The van der Waals surface area contributed by atoms with Crippen molar-refractivity contribution >= 4 is 47.1 Å². The summed E-state index contributed by atoms with van der Waals surface area (Å²) in [5.41, 5.74) is -2.27. The molecule has 296 valence electrons. The number of esters is 1. The lowest BCUT2D eigenvalue weighted by Crippen LogP contribution is -2.59. The van der Waals surface area contributed by atoms with Crippen LogP contribution < -0.4 is 10.6 Å². The average Bonchev–Trinajstić information content (AvgIpc) is 3.46. The van der Waals surface area contributed by atoms with Gasteiger partial charge < -0.3 is 39.2 Å². The molecule has 0 aliphatic carbocycles. The average molecular weight is 768 g/mol. The Labute approximate surface area is 325 Å². The fourth-order valence-corrected chi connectivity index (χ4v) is 8.30. The van der Waals surface area contributed by atoms with Crippen LogP contribution in [0.25, 0.3) is 6.08 Å². The minimum Gasteiger partial charge on any atom is -0.459 e. The Morgan fingerprint density at radius 1 is 1.09 bits per heavy atom. The van der Waals surface area contributed by atoms with Gasteiger partial charge in [-0.2, -0.15) is 0 Å². The number of benzene rings is 1. The molecule has 54 heavy (non-hydrogen) atoms. The van der Waals surface area contributed by atoms with Crippen molar-refractivity contribution in [3.63, 3.8) is 0 Å². The fraction of sp³-hybridized carbons (Fsp3) is 0.634. The Bertz CT molecular complexity index is 1600. The summed E-state index contributed by atoms with van der Waals surface area (Å²) >= 11 is 5.40. The number of ether oxygens (including phenoxy) is 5. The Morgan fingerprint density at radius 3 is 2.41 bits per heavy atom. The SMILES string of the molecule is C#C[C@@]1(OC(=O)NC/C=C/c2ccccc2)C[C@@H](C)C(=O)[C@H](C)[C@H]2NC(=S)O[C@]2(C)[C@@H](CC)OC(=O)[C@H](C)C(=O)[C@H](C)[C@H]1O[C@H]1C[C@@H](N(C)C)C[C@@H](C)O1. The molecule has 3 aliphatic rings. The van der Waals surface area contributed by atoms with Crippen LogP contribution in [0.15, 0.2) is 36.4 Å². The third kappa shape index (κ3) is 9.69. The molecule has 12 nitrogen and oxygen atoms in total. The van der Waals surface area contributed by atoms with E-state index in [0.29, 0.717) is 12.8 Å². The number of hydrogen-bond acceptors (Lipinski definition) is 11. The van der Waals surface area contributed by atoms with Crippen molar-refractivity contribution in [2.24, 2.45) is 23.7 Å². The highest BCUT2D eigenvalue weighted by Crippen LogP contribution is 2.40. The predicted molar refractivity (Wildman–Crippen MR) is 208 cm³/mol. The van der Waals surface area contributed by atoms with E-state index in [9.17, 15) is 19.2 Å². The molecular weight excluding hydrogens is 711 g/mol. The molecule has 3 aliphatic heterocycles. The Hall–Kier alpha value is -3.83. The molecule has 4 rings (SSSR count). The van der Waals surface area contributed by atoms with E-state index < -0.39 is 77.3 Å². The van der Waals surface area contributed by atoms with Crippen LogP contribution in [0.2, 0.25) is 0 Å². The number of terminal acetylenes is 1. The van der Waals surface area contributed by atoms with Crippen molar-refractivity contribution in [2.45, 2.75) is 122 Å².